The van der Waals surface area contributed by atoms with E-state index in [1.54, 1.807) is 35.2 Å². The SMILES string of the molecule is Cc1nn2c(nnc3c(=O)n(-c4ncccn4)ccc32)c1-c1ccc(Br)cc1. The summed E-state index contributed by atoms with van der Waals surface area (Å²) in [6.45, 7) is 1.91. The molecule has 0 radical (unpaired) electrons. The summed E-state index contributed by atoms with van der Waals surface area (Å²) in [5.41, 5.74) is 3.70. The molecule has 0 saturated heterocycles. The van der Waals surface area contributed by atoms with Crippen LogP contribution in [0, 0.1) is 6.92 Å². The van der Waals surface area contributed by atoms with Crippen LogP contribution in [-0.2, 0) is 0 Å². The van der Waals surface area contributed by atoms with Crippen molar-refractivity contribution in [2.24, 2.45) is 0 Å². The van der Waals surface area contributed by atoms with Crippen LogP contribution in [0.4, 0.5) is 0 Å². The number of halogens is 1. The van der Waals surface area contributed by atoms with Crippen molar-refractivity contribution in [1.82, 2.24) is 34.3 Å². The van der Waals surface area contributed by atoms with Crippen LogP contribution in [0.5, 0.6) is 0 Å². The molecule has 0 amide bonds. The zero-order chi connectivity index (χ0) is 19.3. The fraction of sp³-hybridized carbons (Fsp3) is 0.0526. The lowest BCUT2D eigenvalue weighted by Gasteiger charge is -2.05. The highest BCUT2D eigenvalue weighted by Gasteiger charge is 2.18. The fourth-order valence-electron chi connectivity index (χ4n) is 3.18. The van der Waals surface area contributed by atoms with E-state index >= 15 is 0 Å². The summed E-state index contributed by atoms with van der Waals surface area (Å²) in [6, 6.07) is 11.4. The second kappa shape index (κ2) is 6.31. The summed E-state index contributed by atoms with van der Waals surface area (Å²) in [4.78, 5) is 21.1. The van der Waals surface area contributed by atoms with Crippen molar-refractivity contribution in [1.29, 1.82) is 0 Å². The fourth-order valence-corrected chi connectivity index (χ4v) is 3.45. The summed E-state index contributed by atoms with van der Waals surface area (Å²) in [5.74, 6) is 0.281. The van der Waals surface area contributed by atoms with Crippen LogP contribution >= 0.6 is 15.9 Å². The maximum Gasteiger partial charge on any atom is 0.287 e. The number of pyridine rings is 1. The Bertz CT molecular complexity index is 1390. The number of fused-ring (bicyclic) bond motifs is 3. The first-order valence-corrected chi connectivity index (χ1v) is 9.23. The molecule has 0 fully saturated rings. The lowest BCUT2D eigenvalue weighted by Crippen LogP contribution is -2.21. The molecule has 0 aliphatic heterocycles. The lowest BCUT2D eigenvalue weighted by molar-refractivity contribution is 0.870. The van der Waals surface area contributed by atoms with Gasteiger partial charge in [-0.15, -0.1) is 10.2 Å². The van der Waals surface area contributed by atoms with Gasteiger partial charge in [0, 0.05) is 23.1 Å². The Morgan fingerprint density at radius 3 is 2.50 bits per heavy atom. The lowest BCUT2D eigenvalue weighted by atomic mass is 10.1. The highest BCUT2D eigenvalue weighted by Crippen LogP contribution is 2.29. The van der Waals surface area contributed by atoms with E-state index in [-0.39, 0.29) is 17.0 Å². The van der Waals surface area contributed by atoms with E-state index in [0.717, 1.165) is 21.3 Å². The van der Waals surface area contributed by atoms with Crippen molar-refractivity contribution in [2.45, 2.75) is 6.92 Å². The van der Waals surface area contributed by atoms with Crippen molar-refractivity contribution in [2.75, 3.05) is 0 Å². The van der Waals surface area contributed by atoms with Gasteiger partial charge < -0.3 is 0 Å². The van der Waals surface area contributed by atoms with Crippen LogP contribution < -0.4 is 5.56 Å². The normalized spacial score (nSPS) is 11.4. The Morgan fingerprint density at radius 2 is 1.75 bits per heavy atom. The minimum Gasteiger partial charge on any atom is -0.266 e. The van der Waals surface area contributed by atoms with Gasteiger partial charge in [0.2, 0.25) is 5.95 Å². The van der Waals surface area contributed by atoms with Gasteiger partial charge in [0.15, 0.2) is 11.2 Å². The molecule has 0 atom stereocenters. The molecular weight excluding hydrogens is 422 g/mol. The Hall–Kier alpha value is -3.46. The van der Waals surface area contributed by atoms with Gasteiger partial charge in [0.05, 0.1) is 11.3 Å². The molecule has 0 spiro atoms. The number of rotatable bonds is 2. The maximum atomic E-state index is 12.9. The zero-order valence-electron chi connectivity index (χ0n) is 14.6. The first kappa shape index (κ1) is 16.7. The quantitative estimate of drug-likeness (QED) is 0.424. The third-order valence-electron chi connectivity index (χ3n) is 4.45. The molecule has 1 aromatic carbocycles. The first-order chi connectivity index (χ1) is 13.6. The van der Waals surface area contributed by atoms with Crippen molar-refractivity contribution in [3.05, 3.63) is 75.5 Å². The van der Waals surface area contributed by atoms with Crippen molar-refractivity contribution >= 4 is 32.6 Å². The van der Waals surface area contributed by atoms with Crippen LogP contribution in [0.1, 0.15) is 5.69 Å². The number of aryl methyl sites for hydroxylation is 1. The van der Waals surface area contributed by atoms with Crippen molar-refractivity contribution in [3.63, 3.8) is 0 Å². The van der Waals surface area contributed by atoms with Crippen LogP contribution in [-0.4, -0.2) is 34.3 Å². The topological polar surface area (TPSA) is 90.9 Å². The summed E-state index contributed by atoms with van der Waals surface area (Å²) >= 11 is 3.45. The monoisotopic (exact) mass is 433 g/mol. The summed E-state index contributed by atoms with van der Waals surface area (Å²) in [7, 11) is 0. The van der Waals surface area contributed by atoms with Crippen molar-refractivity contribution < 1.29 is 0 Å². The highest BCUT2D eigenvalue weighted by molar-refractivity contribution is 9.10. The molecule has 4 heterocycles. The predicted molar refractivity (Wildman–Crippen MR) is 107 cm³/mol. The number of nitrogens with zero attached hydrogens (tertiary/aromatic N) is 7. The van der Waals surface area contributed by atoms with Crippen LogP contribution in [0.2, 0.25) is 0 Å². The predicted octanol–water partition coefficient (Wildman–Crippen LogP) is 2.96. The van der Waals surface area contributed by atoms with Gasteiger partial charge in [0.25, 0.3) is 5.56 Å². The number of aromatic nitrogens is 7. The van der Waals surface area contributed by atoms with Crippen molar-refractivity contribution in [3.8, 4) is 17.1 Å². The molecule has 28 heavy (non-hydrogen) atoms. The Kier molecular flexibility index (Phi) is 3.76. The molecule has 0 saturated carbocycles. The molecule has 0 bridgehead atoms. The smallest absolute Gasteiger partial charge is 0.266 e. The summed E-state index contributed by atoms with van der Waals surface area (Å²) in [5, 5.41) is 13.1. The van der Waals surface area contributed by atoms with E-state index in [1.807, 2.05) is 31.2 Å². The van der Waals surface area contributed by atoms with E-state index in [9.17, 15) is 4.79 Å². The van der Waals surface area contributed by atoms with E-state index < -0.39 is 0 Å². The average Bonchev–Trinajstić information content (AvgIpc) is 3.06. The Labute approximate surface area is 166 Å². The minimum absolute atomic E-state index is 0.201. The molecule has 5 rings (SSSR count). The molecule has 0 N–H and O–H groups in total. The molecular formula is C19H12BrN7O. The summed E-state index contributed by atoms with van der Waals surface area (Å²) < 4.78 is 3.99. The third kappa shape index (κ3) is 2.51. The second-order valence-electron chi connectivity index (χ2n) is 6.18. The highest BCUT2D eigenvalue weighted by atomic mass is 79.9. The van der Waals surface area contributed by atoms with E-state index in [2.05, 4.69) is 41.2 Å². The first-order valence-electron chi connectivity index (χ1n) is 8.44. The Morgan fingerprint density at radius 1 is 1.00 bits per heavy atom. The number of hydrogen-bond donors (Lipinski definition) is 0. The van der Waals surface area contributed by atoms with Gasteiger partial charge >= 0.3 is 0 Å². The summed E-state index contributed by atoms with van der Waals surface area (Å²) in [6.07, 6.45) is 4.78. The van der Waals surface area contributed by atoms with E-state index in [4.69, 9.17) is 0 Å². The van der Waals surface area contributed by atoms with Gasteiger partial charge in [0.1, 0.15) is 5.52 Å². The van der Waals surface area contributed by atoms with Gasteiger partial charge in [-0.3, -0.25) is 4.79 Å². The largest absolute Gasteiger partial charge is 0.287 e. The van der Waals surface area contributed by atoms with Crippen LogP contribution in [0.25, 0.3) is 33.8 Å². The molecule has 4 aromatic heterocycles. The molecule has 0 unspecified atom stereocenters. The van der Waals surface area contributed by atoms with Gasteiger partial charge in [-0.2, -0.15) is 5.10 Å². The second-order valence-corrected chi connectivity index (χ2v) is 7.09. The van der Waals surface area contributed by atoms with E-state index in [1.165, 1.54) is 4.57 Å². The van der Waals surface area contributed by atoms with Gasteiger partial charge in [-0.05, 0) is 36.8 Å². The standard InChI is InChI=1S/C19H12BrN7O/c1-11-15(12-3-5-13(20)6-4-12)17-24-23-16-14(27(17)25-11)7-10-26(18(16)28)19-21-8-2-9-22-19/h2-10H,1H3. The number of hydrogen-bond acceptors (Lipinski definition) is 6. The molecule has 5 aromatic rings. The molecule has 136 valence electrons. The average molecular weight is 434 g/mol. The molecule has 8 nitrogen and oxygen atoms in total. The van der Waals surface area contributed by atoms with Gasteiger partial charge in [-0.25, -0.2) is 19.1 Å². The maximum absolute atomic E-state index is 12.9. The molecule has 0 aliphatic carbocycles. The Balaban J connectivity index is 1.78. The van der Waals surface area contributed by atoms with Crippen LogP contribution in [0.15, 0.2) is 64.3 Å². The molecule has 0 aliphatic rings. The zero-order valence-corrected chi connectivity index (χ0v) is 16.2. The van der Waals surface area contributed by atoms with E-state index in [0.29, 0.717) is 11.2 Å². The molecule has 9 heteroatoms. The van der Waals surface area contributed by atoms with Gasteiger partial charge in [-0.1, -0.05) is 28.1 Å². The van der Waals surface area contributed by atoms with Crippen LogP contribution in [0.3, 0.4) is 0 Å². The minimum atomic E-state index is -0.351. The third-order valence-corrected chi connectivity index (χ3v) is 4.98. The number of benzene rings is 1.